The van der Waals surface area contributed by atoms with Crippen molar-refractivity contribution in [3.63, 3.8) is 0 Å². The van der Waals surface area contributed by atoms with Gasteiger partial charge in [-0.1, -0.05) is 0 Å². The molecule has 0 aliphatic carbocycles. The molecule has 1 aromatic heterocycles. The summed E-state index contributed by atoms with van der Waals surface area (Å²) in [5.74, 6) is 0.194. The van der Waals surface area contributed by atoms with E-state index in [4.69, 9.17) is 5.73 Å². The van der Waals surface area contributed by atoms with Crippen LogP contribution in [0.2, 0.25) is 0 Å². The van der Waals surface area contributed by atoms with Crippen LogP contribution in [0.5, 0.6) is 0 Å². The normalized spacial score (nSPS) is 16.4. The van der Waals surface area contributed by atoms with Gasteiger partial charge in [-0.05, 0) is 31.6 Å². The van der Waals surface area contributed by atoms with Gasteiger partial charge in [0.05, 0.1) is 4.88 Å². The number of Topliss-reactive ketones (excluding diaryl/α,β-unsaturated/α-hetero) is 1. The lowest BCUT2D eigenvalue weighted by molar-refractivity contribution is 0.0989. The van der Waals surface area contributed by atoms with Gasteiger partial charge in [-0.2, -0.15) is 0 Å². The summed E-state index contributed by atoms with van der Waals surface area (Å²) in [5.41, 5.74) is 6.71. The lowest BCUT2D eigenvalue weighted by Gasteiger charge is -2.21. The third-order valence-corrected chi connectivity index (χ3v) is 3.98. The van der Waals surface area contributed by atoms with Gasteiger partial charge in [0.25, 0.3) is 0 Å². The molecule has 82 valence electrons. The molecule has 0 aromatic carbocycles. The Morgan fingerprint density at radius 3 is 3.20 bits per heavy atom. The predicted molar refractivity (Wildman–Crippen MR) is 62.4 cm³/mol. The zero-order valence-electron chi connectivity index (χ0n) is 8.95. The number of fused-ring (bicyclic) bond motifs is 1. The van der Waals surface area contributed by atoms with Gasteiger partial charge in [0, 0.05) is 24.4 Å². The number of nitrogens with zero attached hydrogens (tertiary/aromatic N) is 1. The molecule has 0 atom stereocenters. The summed E-state index contributed by atoms with van der Waals surface area (Å²) >= 11 is 1.65. The van der Waals surface area contributed by atoms with Gasteiger partial charge in [-0.3, -0.25) is 4.79 Å². The van der Waals surface area contributed by atoms with E-state index in [1.165, 1.54) is 10.4 Å². The zero-order valence-corrected chi connectivity index (χ0v) is 9.77. The molecule has 0 unspecified atom stereocenters. The van der Waals surface area contributed by atoms with E-state index in [9.17, 15) is 4.79 Å². The van der Waals surface area contributed by atoms with E-state index in [0.29, 0.717) is 13.0 Å². The Morgan fingerprint density at radius 2 is 2.47 bits per heavy atom. The van der Waals surface area contributed by atoms with Gasteiger partial charge < -0.3 is 10.6 Å². The van der Waals surface area contributed by atoms with Crippen LogP contribution in [0.4, 0.5) is 0 Å². The molecule has 1 aromatic rings. The Kier molecular flexibility index (Phi) is 3.19. The van der Waals surface area contributed by atoms with Crippen LogP contribution in [0.1, 0.15) is 26.5 Å². The van der Waals surface area contributed by atoms with Crippen LogP contribution in [0.3, 0.4) is 0 Å². The molecule has 0 bridgehead atoms. The molecule has 2 rings (SSSR count). The van der Waals surface area contributed by atoms with Gasteiger partial charge >= 0.3 is 0 Å². The molecule has 0 saturated heterocycles. The van der Waals surface area contributed by atoms with Crippen molar-refractivity contribution < 1.29 is 4.79 Å². The van der Waals surface area contributed by atoms with Gasteiger partial charge in [-0.25, -0.2) is 0 Å². The van der Waals surface area contributed by atoms with Crippen LogP contribution in [0.25, 0.3) is 0 Å². The van der Waals surface area contributed by atoms with Crippen LogP contribution in [0.15, 0.2) is 6.07 Å². The van der Waals surface area contributed by atoms with Crippen molar-refractivity contribution in [2.75, 3.05) is 20.1 Å². The predicted octanol–water partition coefficient (Wildman–Crippen LogP) is 1.27. The third-order valence-electron chi connectivity index (χ3n) is 2.70. The number of rotatable bonds is 3. The molecule has 0 saturated carbocycles. The number of hydrogen-bond acceptors (Lipinski definition) is 4. The van der Waals surface area contributed by atoms with Crippen LogP contribution < -0.4 is 5.73 Å². The number of hydrogen-bond donors (Lipinski definition) is 1. The van der Waals surface area contributed by atoms with Crippen molar-refractivity contribution in [3.05, 3.63) is 21.4 Å². The maximum absolute atomic E-state index is 11.7. The second kappa shape index (κ2) is 4.43. The number of carbonyl (C=O) groups is 1. The van der Waals surface area contributed by atoms with Gasteiger partial charge in [-0.15, -0.1) is 11.3 Å². The van der Waals surface area contributed by atoms with Crippen molar-refractivity contribution in [3.8, 4) is 0 Å². The Morgan fingerprint density at radius 1 is 1.67 bits per heavy atom. The van der Waals surface area contributed by atoms with E-state index in [0.717, 1.165) is 24.4 Å². The maximum Gasteiger partial charge on any atom is 0.174 e. The summed E-state index contributed by atoms with van der Waals surface area (Å²) in [4.78, 5) is 16.2. The largest absolute Gasteiger partial charge is 0.330 e. The first-order valence-electron chi connectivity index (χ1n) is 5.24. The van der Waals surface area contributed by atoms with Crippen LogP contribution in [0, 0.1) is 0 Å². The molecular weight excluding hydrogens is 208 g/mol. The number of carbonyl (C=O) groups excluding carboxylic acids is 1. The highest BCUT2D eigenvalue weighted by Crippen LogP contribution is 2.28. The fraction of sp³-hybridized carbons (Fsp3) is 0.545. The summed E-state index contributed by atoms with van der Waals surface area (Å²) in [6.45, 7) is 2.51. The molecule has 0 amide bonds. The number of thiophene rings is 1. The minimum Gasteiger partial charge on any atom is -0.330 e. The highest BCUT2D eigenvalue weighted by Gasteiger charge is 2.18. The van der Waals surface area contributed by atoms with Crippen LogP contribution >= 0.6 is 11.3 Å². The first-order chi connectivity index (χ1) is 7.20. The number of ketones is 1. The first kappa shape index (κ1) is 10.8. The Labute approximate surface area is 93.9 Å². The Hall–Kier alpha value is -0.710. The van der Waals surface area contributed by atoms with E-state index in [1.54, 1.807) is 11.3 Å². The van der Waals surface area contributed by atoms with Crippen molar-refractivity contribution in [1.82, 2.24) is 4.90 Å². The summed E-state index contributed by atoms with van der Waals surface area (Å²) in [7, 11) is 2.11. The second-order valence-corrected chi connectivity index (χ2v) is 5.15. The Bertz CT molecular complexity index is 373. The smallest absolute Gasteiger partial charge is 0.174 e. The van der Waals surface area contributed by atoms with E-state index < -0.39 is 0 Å². The zero-order chi connectivity index (χ0) is 10.8. The van der Waals surface area contributed by atoms with Crippen molar-refractivity contribution in [1.29, 1.82) is 0 Å². The fourth-order valence-electron chi connectivity index (χ4n) is 1.87. The van der Waals surface area contributed by atoms with Crippen molar-refractivity contribution in [2.24, 2.45) is 5.73 Å². The fourth-order valence-corrected chi connectivity index (χ4v) is 3.00. The minimum absolute atomic E-state index is 0.194. The minimum atomic E-state index is 0.194. The average molecular weight is 224 g/mol. The van der Waals surface area contributed by atoms with Crippen molar-refractivity contribution in [2.45, 2.75) is 19.4 Å². The molecule has 0 radical (unpaired) electrons. The van der Waals surface area contributed by atoms with Crippen LogP contribution in [-0.2, 0) is 13.0 Å². The standard InChI is InChI=1S/C11H16N2OS/c1-13-5-3-10-8(7-13)6-11(15-10)9(14)2-4-12/h6H,2-5,7,12H2,1H3. The molecule has 1 aliphatic rings. The summed E-state index contributed by atoms with van der Waals surface area (Å²) in [6, 6.07) is 2.05. The molecule has 2 heterocycles. The molecule has 3 nitrogen and oxygen atoms in total. The monoisotopic (exact) mass is 224 g/mol. The second-order valence-electron chi connectivity index (χ2n) is 4.01. The van der Waals surface area contributed by atoms with E-state index in [-0.39, 0.29) is 5.78 Å². The summed E-state index contributed by atoms with van der Waals surface area (Å²) < 4.78 is 0. The average Bonchev–Trinajstić information content (AvgIpc) is 2.60. The van der Waals surface area contributed by atoms with Crippen LogP contribution in [-0.4, -0.2) is 30.8 Å². The van der Waals surface area contributed by atoms with E-state index in [1.807, 2.05) is 6.07 Å². The highest BCUT2D eigenvalue weighted by molar-refractivity contribution is 7.14. The number of likely N-dealkylation sites (N-methyl/N-ethyl adjacent to an activating group) is 1. The number of nitrogens with two attached hydrogens (primary N) is 1. The molecule has 0 spiro atoms. The van der Waals surface area contributed by atoms with E-state index in [2.05, 4.69) is 11.9 Å². The highest BCUT2D eigenvalue weighted by atomic mass is 32.1. The molecule has 1 aliphatic heterocycles. The van der Waals surface area contributed by atoms with E-state index >= 15 is 0 Å². The lowest BCUT2D eigenvalue weighted by Crippen LogP contribution is -2.25. The summed E-state index contributed by atoms with van der Waals surface area (Å²) in [6.07, 6.45) is 1.54. The third kappa shape index (κ3) is 2.27. The molecular formula is C11H16N2OS. The molecule has 2 N–H and O–H groups in total. The SMILES string of the molecule is CN1CCc2sc(C(=O)CCN)cc2C1. The van der Waals surface area contributed by atoms with Gasteiger partial charge in [0.2, 0.25) is 0 Å². The first-order valence-corrected chi connectivity index (χ1v) is 6.05. The molecule has 4 heteroatoms. The quantitative estimate of drug-likeness (QED) is 0.786. The van der Waals surface area contributed by atoms with Gasteiger partial charge in [0.1, 0.15) is 0 Å². The van der Waals surface area contributed by atoms with Crippen molar-refractivity contribution >= 4 is 17.1 Å². The lowest BCUT2D eigenvalue weighted by atomic mass is 10.1. The summed E-state index contributed by atoms with van der Waals surface area (Å²) in [5, 5.41) is 0. The molecule has 15 heavy (non-hydrogen) atoms. The van der Waals surface area contributed by atoms with Gasteiger partial charge in [0.15, 0.2) is 5.78 Å². The maximum atomic E-state index is 11.7. The topological polar surface area (TPSA) is 46.3 Å². The Balaban J connectivity index is 2.19. The molecule has 0 fully saturated rings.